The van der Waals surface area contributed by atoms with E-state index in [9.17, 15) is 4.79 Å². The molecule has 0 aromatic rings. The third-order valence-electron chi connectivity index (χ3n) is 2.87. The molecule has 0 aromatic carbocycles. The fraction of sp³-hybridized carbons (Fsp3) is 0.900. The zero-order chi connectivity index (χ0) is 10.1. The van der Waals surface area contributed by atoms with Crippen molar-refractivity contribution < 1.29 is 11.0 Å². The van der Waals surface area contributed by atoms with E-state index in [2.05, 4.69) is 30.8 Å². The van der Waals surface area contributed by atoms with E-state index in [1.807, 2.05) is 0 Å². The fourth-order valence-electron chi connectivity index (χ4n) is 1.67. The van der Waals surface area contributed by atoms with Gasteiger partial charge in [-0.3, -0.25) is 0 Å². The van der Waals surface area contributed by atoms with E-state index in [-0.39, 0.29) is 7.52 Å². The van der Waals surface area contributed by atoms with Crippen molar-refractivity contribution in [2.45, 2.75) is 39.7 Å². The Morgan fingerprint density at radius 2 is 2.00 bits per heavy atom. The third-order valence-corrected chi connectivity index (χ3v) is 2.87. The number of nitrogens with one attached hydrogen (secondary N) is 1. The van der Waals surface area contributed by atoms with Crippen molar-refractivity contribution in [3.05, 3.63) is 0 Å². The number of hydrogen-bond donors (Lipinski definition) is 1. The van der Waals surface area contributed by atoms with Crippen LogP contribution in [0.25, 0.3) is 0 Å². The summed E-state index contributed by atoms with van der Waals surface area (Å²) >= 11 is 0. The zero-order valence-corrected chi connectivity index (χ0v) is 8.89. The van der Waals surface area contributed by atoms with Crippen LogP contribution in [-0.2, 0) is 4.74 Å². The van der Waals surface area contributed by atoms with Gasteiger partial charge in [-0.25, -0.2) is 4.79 Å². The van der Waals surface area contributed by atoms with Gasteiger partial charge in [0.2, 0.25) is 0 Å². The van der Waals surface area contributed by atoms with E-state index in [1.165, 1.54) is 7.11 Å². The SMILES string of the molecule is COC(=O)NC1CC(C(C)(C)C)C1.[HH]. The molecule has 1 N–H and O–H groups in total. The van der Waals surface area contributed by atoms with Gasteiger partial charge in [0.15, 0.2) is 0 Å². The highest BCUT2D eigenvalue weighted by Gasteiger charge is 2.37. The Balaban J connectivity index is 0.00000169. The molecule has 13 heavy (non-hydrogen) atoms. The topological polar surface area (TPSA) is 38.3 Å². The van der Waals surface area contributed by atoms with Crippen LogP contribution in [0.15, 0.2) is 0 Å². The minimum atomic E-state index is -0.308. The van der Waals surface area contributed by atoms with Crippen molar-refractivity contribution in [2.75, 3.05) is 7.11 Å². The molecule has 78 valence electrons. The first kappa shape index (κ1) is 10.4. The van der Waals surface area contributed by atoms with E-state index >= 15 is 0 Å². The van der Waals surface area contributed by atoms with Gasteiger partial charge in [0.1, 0.15) is 0 Å². The molecule has 0 saturated heterocycles. The Hall–Kier alpha value is -0.730. The minimum Gasteiger partial charge on any atom is -0.453 e. The van der Waals surface area contributed by atoms with Crippen LogP contribution < -0.4 is 5.32 Å². The Morgan fingerprint density at radius 3 is 2.38 bits per heavy atom. The molecule has 0 radical (unpaired) electrons. The molecule has 0 aliphatic heterocycles. The first-order valence-corrected chi connectivity index (χ1v) is 4.78. The van der Waals surface area contributed by atoms with Crippen LogP contribution in [0.2, 0.25) is 0 Å². The number of carbonyl (C=O) groups is 1. The summed E-state index contributed by atoms with van der Waals surface area (Å²) in [5.41, 5.74) is 0.369. The van der Waals surface area contributed by atoms with Gasteiger partial charge in [0.25, 0.3) is 0 Å². The molecule has 1 aliphatic carbocycles. The van der Waals surface area contributed by atoms with Gasteiger partial charge in [-0.2, -0.15) is 0 Å². The van der Waals surface area contributed by atoms with E-state index in [0.717, 1.165) is 18.8 Å². The summed E-state index contributed by atoms with van der Waals surface area (Å²) in [6.45, 7) is 6.73. The van der Waals surface area contributed by atoms with E-state index < -0.39 is 0 Å². The van der Waals surface area contributed by atoms with Crippen LogP contribution >= 0.6 is 0 Å². The predicted molar refractivity (Wildman–Crippen MR) is 53.6 cm³/mol. The molecule has 3 nitrogen and oxygen atoms in total. The van der Waals surface area contributed by atoms with Crippen LogP contribution in [0.4, 0.5) is 4.79 Å². The number of carbonyl (C=O) groups excluding carboxylic acids is 1. The minimum absolute atomic E-state index is 0. The molecule has 0 atom stereocenters. The largest absolute Gasteiger partial charge is 0.453 e. The quantitative estimate of drug-likeness (QED) is 0.684. The van der Waals surface area contributed by atoms with Crippen molar-refractivity contribution in [3.8, 4) is 0 Å². The maximum Gasteiger partial charge on any atom is 0.407 e. The summed E-state index contributed by atoms with van der Waals surface area (Å²) in [6, 6.07) is 0.330. The Kier molecular flexibility index (Phi) is 2.84. The molecule has 0 unspecified atom stereocenters. The van der Waals surface area contributed by atoms with E-state index in [1.54, 1.807) is 0 Å². The average Bonchev–Trinajstić information content (AvgIpc) is 1.92. The van der Waals surface area contributed by atoms with Crippen LogP contribution in [0.1, 0.15) is 35.0 Å². The summed E-state index contributed by atoms with van der Waals surface area (Å²) in [7, 11) is 1.40. The average molecular weight is 187 g/mol. The normalized spacial score (nSPS) is 27.7. The number of amides is 1. The lowest BCUT2D eigenvalue weighted by atomic mass is 9.66. The van der Waals surface area contributed by atoms with Crippen molar-refractivity contribution >= 4 is 6.09 Å². The van der Waals surface area contributed by atoms with E-state index in [4.69, 9.17) is 0 Å². The Labute approximate surface area is 81.3 Å². The second kappa shape index (κ2) is 3.56. The van der Waals surface area contributed by atoms with Crippen LogP contribution in [0.3, 0.4) is 0 Å². The number of alkyl carbamates (subject to hydrolysis) is 1. The van der Waals surface area contributed by atoms with Gasteiger partial charge in [-0.15, -0.1) is 0 Å². The van der Waals surface area contributed by atoms with Gasteiger partial charge < -0.3 is 10.1 Å². The zero-order valence-electron chi connectivity index (χ0n) is 8.89. The van der Waals surface area contributed by atoms with Crippen molar-refractivity contribution in [3.63, 3.8) is 0 Å². The summed E-state index contributed by atoms with van der Waals surface area (Å²) in [5, 5.41) is 2.81. The summed E-state index contributed by atoms with van der Waals surface area (Å²) in [4.78, 5) is 10.8. The maximum absolute atomic E-state index is 10.8. The number of hydrogen-bond acceptors (Lipinski definition) is 2. The molecule has 1 aliphatic rings. The molecule has 0 bridgehead atoms. The molecule has 1 fully saturated rings. The molecule has 1 rings (SSSR count). The predicted octanol–water partition coefficient (Wildman–Crippen LogP) is 2.41. The second-order valence-corrected chi connectivity index (χ2v) is 4.87. The van der Waals surface area contributed by atoms with E-state index in [0.29, 0.717) is 11.5 Å². The lowest BCUT2D eigenvalue weighted by Crippen LogP contribution is -2.47. The first-order chi connectivity index (χ1) is 5.93. The molecule has 3 heteroatoms. The van der Waals surface area contributed by atoms with Gasteiger partial charge >= 0.3 is 6.09 Å². The lowest BCUT2D eigenvalue weighted by molar-refractivity contribution is 0.0908. The highest BCUT2D eigenvalue weighted by Crippen LogP contribution is 2.41. The highest BCUT2D eigenvalue weighted by molar-refractivity contribution is 5.67. The highest BCUT2D eigenvalue weighted by atomic mass is 16.5. The molecule has 0 heterocycles. The third kappa shape index (κ3) is 2.61. The van der Waals surface area contributed by atoms with Crippen LogP contribution in [0, 0.1) is 11.3 Å². The molecule has 0 spiro atoms. The first-order valence-electron chi connectivity index (χ1n) is 4.78. The monoisotopic (exact) mass is 187 g/mol. The Bertz CT molecular complexity index is 195. The molecular formula is C10H21NO2. The maximum atomic E-state index is 10.8. The van der Waals surface area contributed by atoms with Gasteiger partial charge in [0.05, 0.1) is 7.11 Å². The number of rotatable bonds is 1. The van der Waals surface area contributed by atoms with Crippen LogP contribution in [0.5, 0.6) is 0 Å². The Morgan fingerprint density at radius 1 is 1.46 bits per heavy atom. The molecule has 0 aromatic heterocycles. The summed E-state index contributed by atoms with van der Waals surface area (Å²) in [5.74, 6) is 0.731. The summed E-state index contributed by atoms with van der Waals surface area (Å²) in [6.07, 6.45) is 1.86. The molecule has 1 amide bonds. The van der Waals surface area contributed by atoms with Crippen molar-refractivity contribution in [1.29, 1.82) is 0 Å². The second-order valence-electron chi connectivity index (χ2n) is 4.87. The fourth-order valence-corrected chi connectivity index (χ4v) is 1.67. The van der Waals surface area contributed by atoms with Crippen LogP contribution in [-0.4, -0.2) is 19.2 Å². The van der Waals surface area contributed by atoms with Gasteiger partial charge in [-0.1, -0.05) is 20.8 Å². The van der Waals surface area contributed by atoms with Gasteiger partial charge in [-0.05, 0) is 24.2 Å². The summed E-state index contributed by atoms with van der Waals surface area (Å²) < 4.78 is 4.53. The standard InChI is InChI=1S/C10H19NO2.H2/c1-10(2,3)7-5-8(6-7)11-9(12)13-4;/h7-8H,5-6H2,1-4H3,(H,11,12);1H. The smallest absolute Gasteiger partial charge is 0.407 e. The van der Waals surface area contributed by atoms with Gasteiger partial charge in [0, 0.05) is 7.47 Å². The van der Waals surface area contributed by atoms with Crippen molar-refractivity contribution in [2.24, 2.45) is 11.3 Å². The number of methoxy groups -OCH3 is 1. The van der Waals surface area contributed by atoms with Crippen molar-refractivity contribution in [1.82, 2.24) is 5.32 Å². The molecular weight excluding hydrogens is 166 g/mol. The lowest BCUT2D eigenvalue weighted by Gasteiger charge is -2.43. The molecule has 1 saturated carbocycles. The number of ether oxygens (including phenoxy) is 1.